The molecule has 0 radical (unpaired) electrons. The van der Waals surface area contributed by atoms with Crippen molar-refractivity contribution in [2.24, 2.45) is 13.0 Å². The number of aliphatic carboxylic acids is 1. The van der Waals surface area contributed by atoms with E-state index in [-0.39, 0.29) is 17.9 Å². The first kappa shape index (κ1) is 23.2. The average molecular weight is 484 g/mol. The zero-order valence-electron chi connectivity index (χ0n) is 19.8. The maximum Gasteiger partial charge on any atom is 0.306 e. The predicted molar refractivity (Wildman–Crippen MR) is 123 cm³/mol. The third-order valence-corrected chi connectivity index (χ3v) is 6.63. The van der Waals surface area contributed by atoms with E-state index < -0.39 is 5.97 Å². The molecule has 35 heavy (non-hydrogen) atoms. The second kappa shape index (κ2) is 9.98. The van der Waals surface area contributed by atoms with Crippen LogP contribution in [0.4, 0.5) is 5.95 Å². The van der Waals surface area contributed by atoms with E-state index in [1.807, 2.05) is 26.1 Å². The van der Waals surface area contributed by atoms with Crippen LogP contribution in [-0.2, 0) is 23.1 Å². The fraction of sp³-hybridized carbons (Fsp3) is 0.565. The largest absolute Gasteiger partial charge is 0.489 e. The summed E-state index contributed by atoms with van der Waals surface area (Å²) in [7, 11) is 1.82. The molecule has 3 atom stereocenters. The summed E-state index contributed by atoms with van der Waals surface area (Å²) in [4.78, 5) is 20.5. The maximum atomic E-state index is 11.4. The Morgan fingerprint density at radius 2 is 2.17 bits per heavy atom. The highest BCUT2D eigenvalue weighted by atomic mass is 16.5. The molecule has 1 saturated carbocycles. The molecule has 1 aliphatic carbocycles. The summed E-state index contributed by atoms with van der Waals surface area (Å²) in [6.45, 7) is 3.57. The number of aryl methyl sites for hydroxylation is 2. The number of carbonyl (C=O) groups is 1. The lowest BCUT2D eigenvalue weighted by atomic mass is 9.87. The number of pyridine rings is 1. The number of hydrogen-bond donors (Lipinski definition) is 2. The van der Waals surface area contributed by atoms with Crippen LogP contribution in [0.2, 0.25) is 0 Å². The molecular formula is C23H29N7O5. The minimum Gasteiger partial charge on any atom is -0.489 e. The number of anilines is 1. The molecule has 3 aromatic heterocycles. The van der Waals surface area contributed by atoms with Crippen molar-refractivity contribution in [1.29, 1.82) is 0 Å². The second-order valence-corrected chi connectivity index (χ2v) is 9.10. The summed E-state index contributed by atoms with van der Waals surface area (Å²) < 4.78 is 18.6. The van der Waals surface area contributed by atoms with Crippen LogP contribution in [0.5, 0.6) is 5.75 Å². The first-order valence-corrected chi connectivity index (χ1v) is 11.9. The molecule has 5 rings (SSSR count). The number of nitrogens with zero attached hydrogens (tertiary/aromatic N) is 6. The molecule has 2 fully saturated rings. The van der Waals surface area contributed by atoms with Gasteiger partial charge in [0, 0.05) is 13.7 Å². The van der Waals surface area contributed by atoms with Crippen LogP contribution in [0, 0.1) is 12.8 Å². The van der Waals surface area contributed by atoms with Gasteiger partial charge >= 0.3 is 5.97 Å². The Labute approximate surface area is 202 Å². The third kappa shape index (κ3) is 5.11. The van der Waals surface area contributed by atoms with Crippen LogP contribution in [0.3, 0.4) is 0 Å². The molecule has 4 heterocycles. The lowest BCUT2D eigenvalue weighted by Gasteiger charge is -2.27. The first-order valence-electron chi connectivity index (χ1n) is 11.9. The topological polar surface area (TPSA) is 150 Å². The summed E-state index contributed by atoms with van der Waals surface area (Å²) in [5.74, 6) is 0.676. The molecular weight excluding hydrogens is 454 g/mol. The Hall–Kier alpha value is -3.54. The van der Waals surface area contributed by atoms with Gasteiger partial charge in [-0.3, -0.25) is 4.79 Å². The van der Waals surface area contributed by atoms with Crippen molar-refractivity contribution in [3.8, 4) is 17.1 Å². The Morgan fingerprint density at radius 1 is 1.29 bits per heavy atom. The van der Waals surface area contributed by atoms with Gasteiger partial charge in [-0.1, -0.05) is 5.21 Å². The molecule has 12 nitrogen and oxygen atoms in total. The molecule has 186 valence electrons. The zero-order valence-corrected chi connectivity index (χ0v) is 19.8. The normalized spacial score (nSPS) is 22.3. The molecule has 1 unspecified atom stereocenters. The fourth-order valence-corrected chi connectivity index (χ4v) is 4.60. The number of hydrogen-bond acceptors (Lipinski definition) is 10. The fourth-order valence-electron chi connectivity index (χ4n) is 4.60. The van der Waals surface area contributed by atoms with Gasteiger partial charge in [0.05, 0.1) is 48.2 Å². The van der Waals surface area contributed by atoms with Crippen LogP contribution < -0.4 is 10.1 Å². The van der Waals surface area contributed by atoms with E-state index in [1.54, 1.807) is 4.68 Å². The van der Waals surface area contributed by atoms with E-state index in [0.717, 1.165) is 25.0 Å². The van der Waals surface area contributed by atoms with Crippen molar-refractivity contribution < 1.29 is 23.9 Å². The van der Waals surface area contributed by atoms with Crippen LogP contribution in [-0.4, -0.2) is 60.5 Å². The molecule has 0 amide bonds. The highest BCUT2D eigenvalue weighted by molar-refractivity contribution is 5.70. The summed E-state index contributed by atoms with van der Waals surface area (Å²) in [5.41, 5.74) is 2.85. The van der Waals surface area contributed by atoms with E-state index in [2.05, 4.69) is 25.8 Å². The van der Waals surface area contributed by atoms with Crippen LogP contribution >= 0.6 is 0 Å². The highest BCUT2D eigenvalue weighted by Gasteiger charge is 2.29. The molecule has 0 aromatic carbocycles. The van der Waals surface area contributed by atoms with Crippen molar-refractivity contribution in [1.82, 2.24) is 30.1 Å². The number of rotatable bonds is 8. The van der Waals surface area contributed by atoms with Crippen molar-refractivity contribution in [2.45, 2.75) is 57.6 Å². The number of nitrogens with one attached hydrogen (secondary N) is 1. The summed E-state index contributed by atoms with van der Waals surface area (Å²) >= 11 is 0. The molecule has 2 aliphatic rings. The van der Waals surface area contributed by atoms with E-state index in [4.69, 9.17) is 19.0 Å². The van der Waals surface area contributed by atoms with E-state index in [9.17, 15) is 9.90 Å². The van der Waals surface area contributed by atoms with Gasteiger partial charge in [-0.25, -0.2) is 9.67 Å². The zero-order chi connectivity index (χ0) is 24.4. The van der Waals surface area contributed by atoms with E-state index in [0.29, 0.717) is 67.3 Å². The Balaban J connectivity index is 1.26. The van der Waals surface area contributed by atoms with Crippen molar-refractivity contribution in [2.75, 3.05) is 18.5 Å². The molecule has 0 spiro atoms. The smallest absolute Gasteiger partial charge is 0.306 e. The molecule has 3 aromatic rings. The second-order valence-electron chi connectivity index (χ2n) is 9.10. The number of carboxylic acids is 1. The SMILES string of the molecule is Cc1nc(-c2nnn(C)c2CNc2noc(C3CCOC3)n2)ccc1O[C@H]1CCC[C@H](C(=O)O)C1. The van der Waals surface area contributed by atoms with Crippen molar-refractivity contribution in [3.05, 3.63) is 29.4 Å². The minimum atomic E-state index is -0.753. The maximum absolute atomic E-state index is 11.4. The van der Waals surface area contributed by atoms with E-state index in [1.165, 1.54) is 0 Å². The standard InChI is InChI=1S/C23H29N7O5/c1-13-19(34-16-5-3-4-14(10-16)22(31)32)7-6-17(25-13)20-18(30(2)29-27-20)11-24-23-26-21(35-28-23)15-8-9-33-12-15/h6-7,14-16H,3-5,8-12H2,1-2H3,(H,24,28)(H,31,32)/t14-,15?,16-/m0/s1. The molecule has 0 bridgehead atoms. The van der Waals surface area contributed by atoms with Crippen LogP contribution in [0.25, 0.3) is 11.4 Å². The van der Waals surface area contributed by atoms with Gasteiger partial charge in [-0.05, 0) is 56.3 Å². The van der Waals surface area contributed by atoms with Crippen LogP contribution in [0.1, 0.15) is 55.3 Å². The molecule has 12 heteroatoms. The first-order chi connectivity index (χ1) is 17.0. The Kier molecular flexibility index (Phi) is 6.62. The van der Waals surface area contributed by atoms with Gasteiger partial charge in [0.2, 0.25) is 5.89 Å². The summed E-state index contributed by atoms with van der Waals surface area (Å²) in [5, 5.41) is 25.0. The van der Waals surface area contributed by atoms with Gasteiger partial charge in [-0.2, -0.15) is 4.98 Å². The lowest BCUT2D eigenvalue weighted by molar-refractivity contribution is -0.143. The van der Waals surface area contributed by atoms with Crippen molar-refractivity contribution >= 4 is 11.9 Å². The Bertz CT molecular complexity index is 1190. The predicted octanol–water partition coefficient (Wildman–Crippen LogP) is 2.71. The molecule has 1 aliphatic heterocycles. The van der Waals surface area contributed by atoms with Gasteiger partial charge in [0.25, 0.3) is 5.95 Å². The summed E-state index contributed by atoms with van der Waals surface area (Å²) in [6, 6.07) is 3.71. The molecule has 2 N–H and O–H groups in total. The van der Waals surface area contributed by atoms with Gasteiger partial charge in [0.1, 0.15) is 11.4 Å². The highest BCUT2D eigenvalue weighted by Crippen LogP contribution is 2.31. The van der Waals surface area contributed by atoms with Gasteiger partial charge < -0.3 is 24.4 Å². The average Bonchev–Trinajstić information content (AvgIpc) is 3.60. The van der Waals surface area contributed by atoms with E-state index >= 15 is 0 Å². The van der Waals surface area contributed by atoms with Gasteiger partial charge in [-0.15, -0.1) is 5.10 Å². The van der Waals surface area contributed by atoms with Crippen molar-refractivity contribution in [3.63, 3.8) is 0 Å². The van der Waals surface area contributed by atoms with Gasteiger partial charge in [0.15, 0.2) is 0 Å². The molecule has 1 saturated heterocycles. The summed E-state index contributed by atoms with van der Waals surface area (Å²) in [6.07, 6.45) is 3.66. The number of carboxylic acid groups (broad SMARTS) is 1. The van der Waals surface area contributed by atoms with Crippen LogP contribution in [0.15, 0.2) is 16.7 Å². The quantitative estimate of drug-likeness (QED) is 0.487. The number of ether oxygens (including phenoxy) is 2. The lowest BCUT2D eigenvalue weighted by Crippen LogP contribution is -2.29. The monoisotopic (exact) mass is 483 g/mol. The Morgan fingerprint density at radius 3 is 2.94 bits per heavy atom. The minimum absolute atomic E-state index is 0.122. The third-order valence-electron chi connectivity index (χ3n) is 6.63. The number of aromatic nitrogens is 6.